The molecular weight excluding hydrogens is 314 g/mol. The van der Waals surface area contributed by atoms with Crippen LogP contribution in [0.1, 0.15) is 31.2 Å². The average Bonchev–Trinajstić information content (AvgIpc) is 2.40. The van der Waals surface area contributed by atoms with E-state index >= 15 is 0 Å². The Morgan fingerprint density at radius 2 is 1.70 bits per heavy atom. The molecule has 1 saturated carbocycles. The summed E-state index contributed by atoms with van der Waals surface area (Å²) < 4.78 is 55.5. The normalized spacial score (nSPS) is 28.9. The second kappa shape index (κ2) is 6.28. The quantitative estimate of drug-likeness (QED) is 0.853. The molecule has 0 bridgehead atoms. The molecule has 1 N–H and O–H groups in total. The fourth-order valence-electron chi connectivity index (χ4n) is 3.39. The minimum absolute atomic E-state index is 0.0155. The maximum atomic E-state index is 14.9. The van der Waals surface area contributed by atoms with Gasteiger partial charge in [-0.05, 0) is 44.6 Å². The predicted octanol–water partition coefficient (Wildman–Crippen LogP) is 3.62. The summed E-state index contributed by atoms with van der Waals surface area (Å²) >= 11 is 0. The molecule has 1 fully saturated rings. The Hall–Kier alpha value is -1.34. The smallest absolute Gasteiger partial charge is 0.406 e. The van der Waals surface area contributed by atoms with Crippen LogP contribution in [0.2, 0.25) is 0 Å². The zero-order valence-electron chi connectivity index (χ0n) is 13.2. The Morgan fingerprint density at radius 3 is 2.17 bits per heavy atom. The topological polar surface area (TPSA) is 32.7 Å². The number of rotatable bonds is 4. The van der Waals surface area contributed by atoms with Crippen molar-refractivity contribution in [1.82, 2.24) is 4.90 Å². The lowest BCUT2D eigenvalue weighted by atomic mass is 9.65. The molecule has 2 rings (SSSR count). The fraction of sp³-hybridized carbons (Fsp3) is 0.625. The lowest BCUT2D eigenvalue weighted by molar-refractivity contribution is -0.274. The number of likely N-dealkylation sites (N-methyl/N-ethyl adjacent to an activating group) is 1. The Bertz CT molecular complexity index is 528. The molecule has 1 aliphatic rings. The molecule has 0 aromatic heterocycles. The van der Waals surface area contributed by atoms with Gasteiger partial charge in [0.15, 0.2) is 0 Å². The number of hydrogen-bond acceptors (Lipinski definition) is 3. The number of alkyl halides is 4. The molecule has 1 aromatic rings. The van der Waals surface area contributed by atoms with Crippen molar-refractivity contribution in [3.05, 3.63) is 29.8 Å². The first-order valence-corrected chi connectivity index (χ1v) is 7.48. The van der Waals surface area contributed by atoms with Gasteiger partial charge in [-0.2, -0.15) is 0 Å². The molecule has 0 spiro atoms. The van der Waals surface area contributed by atoms with Gasteiger partial charge in [0.1, 0.15) is 5.75 Å². The van der Waals surface area contributed by atoms with Crippen LogP contribution >= 0.6 is 0 Å². The van der Waals surface area contributed by atoms with Crippen LogP contribution in [0.4, 0.5) is 17.6 Å². The van der Waals surface area contributed by atoms with Crippen molar-refractivity contribution in [1.29, 1.82) is 0 Å². The van der Waals surface area contributed by atoms with Gasteiger partial charge in [-0.1, -0.05) is 18.6 Å². The zero-order valence-corrected chi connectivity index (χ0v) is 13.2. The summed E-state index contributed by atoms with van der Waals surface area (Å²) in [5.41, 5.74) is -0.684. The molecule has 0 amide bonds. The summed E-state index contributed by atoms with van der Waals surface area (Å²) in [7, 11) is 3.54. The summed E-state index contributed by atoms with van der Waals surface area (Å²) in [5, 5.41) is 10.3. The SMILES string of the molecule is CN(C)CC1(c2ccc(OC(F)(F)F)cc2)CCCCC1(O)F. The van der Waals surface area contributed by atoms with Gasteiger partial charge in [0.25, 0.3) is 0 Å². The highest BCUT2D eigenvalue weighted by Gasteiger charge is 2.54. The second-order valence-corrected chi connectivity index (χ2v) is 6.36. The van der Waals surface area contributed by atoms with Crippen LogP contribution in [0.5, 0.6) is 5.75 Å². The van der Waals surface area contributed by atoms with Crippen molar-refractivity contribution < 1.29 is 27.4 Å². The van der Waals surface area contributed by atoms with Gasteiger partial charge < -0.3 is 14.7 Å². The second-order valence-electron chi connectivity index (χ2n) is 6.36. The first-order valence-electron chi connectivity index (χ1n) is 7.48. The first-order chi connectivity index (χ1) is 10.6. The number of nitrogens with zero attached hydrogens (tertiary/aromatic N) is 1. The largest absolute Gasteiger partial charge is 0.573 e. The van der Waals surface area contributed by atoms with Crippen LogP contribution in [0.25, 0.3) is 0 Å². The fourth-order valence-corrected chi connectivity index (χ4v) is 3.39. The molecule has 130 valence electrons. The molecule has 0 radical (unpaired) electrons. The van der Waals surface area contributed by atoms with Crippen molar-refractivity contribution in [2.45, 2.75) is 43.3 Å². The van der Waals surface area contributed by atoms with Gasteiger partial charge in [-0.25, -0.2) is 4.39 Å². The number of aliphatic hydroxyl groups is 1. The van der Waals surface area contributed by atoms with Crippen LogP contribution in [0.15, 0.2) is 24.3 Å². The molecular formula is C16H21F4NO2. The number of halogens is 4. The van der Waals surface area contributed by atoms with Gasteiger partial charge in [0.2, 0.25) is 5.85 Å². The van der Waals surface area contributed by atoms with Crippen LogP contribution in [-0.2, 0) is 5.41 Å². The highest BCUT2D eigenvalue weighted by Crippen LogP contribution is 2.48. The van der Waals surface area contributed by atoms with E-state index in [0.29, 0.717) is 18.4 Å². The average molecular weight is 335 g/mol. The Kier molecular flexibility index (Phi) is 4.92. The van der Waals surface area contributed by atoms with E-state index in [2.05, 4.69) is 4.74 Å². The molecule has 0 heterocycles. The first kappa shape index (κ1) is 18.0. The Labute approximate surface area is 132 Å². The molecule has 1 aromatic carbocycles. The highest BCUT2D eigenvalue weighted by atomic mass is 19.4. The minimum atomic E-state index is -4.77. The van der Waals surface area contributed by atoms with Gasteiger partial charge in [-0.15, -0.1) is 13.2 Å². The van der Waals surface area contributed by atoms with E-state index in [1.54, 1.807) is 19.0 Å². The van der Waals surface area contributed by atoms with Crippen molar-refractivity contribution in [2.75, 3.05) is 20.6 Å². The number of hydrogen-bond donors (Lipinski definition) is 1. The third-order valence-corrected chi connectivity index (χ3v) is 4.32. The third-order valence-electron chi connectivity index (χ3n) is 4.32. The van der Waals surface area contributed by atoms with Gasteiger partial charge in [-0.3, -0.25) is 0 Å². The monoisotopic (exact) mass is 335 g/mol. The van der Waals surface area contributed by atoms with E-state index in [4.69, 9.17) is 0 Å². The number of benzene rings is 1. The van der Waals surface area contributed by atoms with E-state index < -0.39 is 17.6 Å². The Balaban J connectivity index is 2.36. The van der Waals surface area contributed by atoms with Gasteiger partial charge in [0.05, 0.1) is 5.41 Å². The molecule has 1 aliphatic carbocycles. The molecule has 0 aliphatic heterocycles. The van der Waals surface area contributed by atoms with E-state index in [1.165, 1.54) is 12.1 Å². The van der Waals surface area contributed by atoms with E-state index in [-0.39, 0.29) is 18.7 Å². The maximum Gasteiger partial charge on any atom is 0.573 e. The summed E-state index contributed by atoms with van der Waals surface area (Å²) in [6.07, 6.45) is -2.99. The third kappa shape index (κ3) is 3.95. The predicted molar refractivity (Wildman–Crippen MR) is 77.9 cm³/mol. The van der Waals surface area contributed by atoms with Crippen molar-refractivity contribution in [3.63, 3.8) is 0 Å². The molecule has 23 heavy (non-hydrogen) atoms. The van der Waals surface area contributed by atoms with Gasteiger partial charge in [0, 0.05) is 13.0 Å². The Morgan fingerprint density at radius 1 is 1.13 bits per heavy atom. The van der Waals surface area contributed by atoms with E-state index in [0.717, 1.165) is 18.6 Å². The van der Waals surface area contributed by atoms with Crippen LogP contribution in [0.3, 0.4) is 0 Å². The zero-order chi connectivity index (χ0) is 17.3. The molecule has 2 unspecified atom stereocenters. The highest BCUT2D eigenvalue weighted by molar-refractivity contribution is 5.35. The van der Waals surface area contributed by atoms with Crippen LogP contribution < -0.4 is 4.74 Å². The molecule has 0 saturated heterocycles. The van der Waals surface area contributed by atoms with Crippen molar-refractivity contribution >= 4 is 0 Å². The lowest BCUT2D eigenvalue weighted by Gasteiger charge is -2.47. The van der Waals surface area contributed by atoms with Crippen molar-refractivity contribution in [2.24, 2.45) is 0 Å². The molecule has 2 atom stereocenters. The summed E-state index contributed by atoms with van der Waals surface area (Å²) in [6.45, 7) is 0.263. The summed E-state index contributed by atoms with van der Waals surface area (Å²) in [4.78, 5) is 1.77. The summed E-state index contributed by atoms with van der Waals surface area (Å²) in [5.74, 6) is -2.76. The lowest BCUT2D eigenvalue weighted by Crippen LogP contribution is -2.56. The van der Waals surface area contributed by atoms with Crippen molar-refractivity contribution in [3.8, 4) is 5.75 Å². The molecule has 3 nitrogen and oxygen atoms in total. The van der Waals surface area contributed by atoms with Gasteiger partial charge >= 0.3 is 6.36 Å². The van der Waals surface area contributed by atoms with E-state index in [1.807, 2.05) is 0 Å². The summed E-state index contributed by atoms with van der Waals surface area (Å²) in [6, 6.07) is 5.12. The maximum absolute atomic E-state index is 14.9. The standard InChI is InChI=1S/C16H21F4NO2/c1-21(2)11-14(9-3-4-10-15(14,17)22)12-5-7-13(8-6-12)23-16(18,19)20/h5-8,22H,3-4,9-11H2,1-2H3. The molecule has 7 heteroatoms. The van der Waals surface area contributed by atoms with Crippen LogP contribution in [0, 0.1) is 0 Å². The minimum Gasteiger partial charge on any atom is -0.406 e. The number of ether oxygens (including phenoxy) is 1. The van der Waals surface area contributed by atoms with E-state index in [9.17, 15) is 22.7 Å². The van der Waals surface area contributed by atoms with Crippen LogP contribution in [-0.4, -0.2) is 42.9 Å².